The first-order chi connectivity index (χ1) is 12.4. The van der Waals surface area contributed by atoms with Crippen molar-refractivity contribution in [3.05, 3.63) is 59.7 Å². The van der Waals surface area contributed by atoms with Crippen LogP contribution in [-0.2, 0) is 16.7 Å². The van der Waals surface area contributed by atoms with Crippen LogP contribution < -0.4 is 0 Å². The second-order valence-electron chi connectivity index (χ2n) is 5.78. The van der Waals surface area contributed by atoms with E-state index in [0.29, 0.717) is 17.0 Å². The Balaban J connectivity index is 2.23. The van der Waals surface area contributed by atoms with E-state index in [2.05, 4.69) is 4.74 Å². The highest BCUT2D eigenvalue weighted by atomic mass is 35.5. The third-order valence-corrected chi connectivity index (χ3v) is 4.12. The first-order valence-electron chi connectivity index (χ1n) is 7.64. The molecule has 0 fully saturated rings. The summed E-state index contributed by atoms with van der Waals surface area (Å²) in [5.74, 6) is -5.13. The number of ether oxygens (including phenoxy) is 1. The third-order valence-electron chi connectivity index (χ3n) is 3.81. The van der Waals surface area contributed by atoms with Crippen molar-refractivity contribution in [1.82, 2.24) is 0 Å². The molecule has 148 valence electrons. The molecule has 2 rings (SSSR count). The average molecular weight is 415 g/mol. The first-order valence-corrected chi connectivity index (χ1v) is 8.17. The Hall–Kier alpha value is -1.80. The highest BCUT2D eigenvalue weighted by molar-refractivity contribution is 6.17. The first kappa shape index (κ1) is 21.5. The lowest BCUT2D eigenvalue weighted by atomic mass is 10.0. The summed E-state index contributed by atoms with van der Waals surface area (Å²) in [7, 11) is 0. The minimum Gasteiger partial charge on any atom is -0.246 e. The van der Waals surface area contributed by atoms with E-state index >= 15 is 0 Å². The van der Waals surface area contributed by atoms with Gasteiger partial charge in [0.2, 0.25) is 0 Å². The van der Waals surface area contributed by atoms with Crippen LogP contribution >= 0.6 is 11.6 Å². The lowest BCUT2D eigenvalue weighted by Gasteiger charge is -2.30. The molecule has 0 amide bonds. The van der Waals surface area contributed by atoms with Gasteiger partial charge in [0.05, 0.1) is 5.56 Å². The number of rotatable bonds is 7. The van der Waals surface area contributed by atoms with Gasteiger partial charge < -0.3 is 0 Å². The zero-order valence-electron chi connectivity index (χ0n) is 13.8. The summed E-state index contributed by atoms with van der Waals surface area (Å²) in [5.41, 5.74) is 0.876. The number of halogens is 8. The molecule has 0 aliphatic rings. The lowest BCUT2D eigenvalue weighted by Crippen LogP contribution is -2.51. The van der Waals surface area contributed by atoms with E-state index in [0.717, 1.165) is 17.7 Å². The summed E-state index contributed by atoms with van der Waals surface area (Å²) >= 11 is 5.67. The van der Waals surface area contributed by atoms with Gasteiger partial charge in [-0.05, 0) is 35.7 Å². The van der Waals surface area contributed by atoms with Crippen molar-refractivity contribution in [3.8, 4) is 11.1 Å². The smallest absolute Gasteiger partial charge is 0.246 e. The molecule has 0 aromatic heterocycles. The van der Waals surface area contributed by atoms with E-state index in [1.54, 1.807) is 24.3 Å². The molecule has 0 radical (unpaired) electrons. The van der Waals surface area contributed by atoms with Crippen LogP contribution in [0.2, 0.25) is 0 Å². The molecule has 1 atom stereocenters. The fraction of sp³-hybridized carbons (Fsp3) is 0.333. The quantitative estimate of drug-likeness (QED) is 0.360. The van der Waals surface area contributed by atoms with Crippen molar-refractivity contribution < 1.29 is 35.5 Å². The second-order valence-corrected chi connectivity index (χ2v) is 6.05. The predicted octanol–water partition coefficient (Wildman–Crippen LogP) is 6.74. The fourth-order valence-electron chi connectivity index (χ4n) is 2.16. The van der Waals surface area contributed by atoms with Crippen molar-refractivity contribution in [2.75, 3.05) is 0 Å². The molecule has 1 unspecified atom stereocenters. The van der Waals surface area contributed by atoms with Crippen molar-refractivity contribution in [2.45, 2.75) is 37.1 Å². The monoisotopic (exact) mass is 414 g/mol. The minimum absolute atomic E-state index is 0.125. The molecule has 27 heavy (non-hydrogen) atoms. The Morgan fingerprint density at radius 1 is 0.852 bits per heavy atom. The van der Waals surface area contributed by atoms with E-state index in [-0.39, 0.29) is 6.92 Å². The highest BCUT2D eigenvalue weighted by Gasteiger charge is 2.65. The van der Waals surface area contributed by atoms with Crippen LogP contribution in [0.15, 0.2) is 48.5 Å². The maximum Gasteiger partial charge on any atom is 0.427 e. The van der Waals surface area contributed by atoms with E-state index < -0.39 is 29.9 Å². The molecule has 0 saturated heterocycles. The van der Waals surface area contributed by atoms with Crippen molar-refractivity contribution in [1.29, 1.82) is 0 Å². The van der Waals surface area contributed by atoms with Crippen LogP contribution in [0.5, 0.6) is 0 Å². The summed E-state index contributed by atoms with van der Waals surface area (Å²) in [6.07, 6.45) is -13.9. The number of hydrogen-bond acceptors (Lipinski definition) is 1. The van der Waals surface area contributed by atoms with Crippen molar-refractivity contribution >= 4 is 11.6 Å². The Kier molecular flexibility index (Phi) is 6.11. The predicted molar refractivity (Wildman–Crippen MR) is 86.9 cm³/mol. The number of benzene rings is 2. The molecule has 0 heterocycles. The molecule has 0 aliphatic heterocycles. The Bertz CT molecular complexity index is 758. The molecule has 0 N–H and O–H groups in total. The topological polar surface area (TPSA) is 9.23 Å². The maximum atomic E-state index is 13.9. The van der Waals surface area contributed by atoms with Crippen LogP contribution in [0.3, 0.4) is 0 Å². The van der Waals surface area contributed by atoms with E-state index in [9.17, 15) is 30.7 Å². The van der Waals surface area contributed by atoms with Gasteiger partial charge in [0.15, 0.2) is 6.17 Å². The van der Waals surface area contributed by atoms with Crippen molar-refractivity contribution in [3.63, 3.8) is 0 Å². The standard InChI is InChI=1S/C18H14ClF7O/c1-11(20)16(21,22)18(25,26)27-17(23,24)15-8-6-14(7-9-15)13-4-2-12(10-19)3-5-13/h2-9,11H,10H2,1H3. The number of hydrogen-bond donors (Lipinski definition) is 0. The molecular formula is C18H14ClF7O. The third kappa shape index (κ3) is 4.55. The largest absolute Gasteiger partial charge is 0.427 e. The van der Waals surface area contributed by atoms with Gasteiger partial charge in [0, 0.05) is 5.88 Å². The molecule has 2 aromatic carbocycles. The van der Waals surface area contributed by atoms with Gasteiger partial charge in [-0.3, -0.25) is 0 Å². The van der Waals surface area contributed by atoms with Crippen LogP contribution in [-0.4, -0.2) is 18.2 Å². The van der Waals surface area contributed by atoms with Gasteiger partial charge in [-0.15, -0.1) is 11.6 Å². The molecule has 0 aliphatic carbocycles. The summed E-state index contributed by atoms with van der Waals surface area (Å²) in [6, 6.07) is 10.7. The molecule has 9 heteroatoms. The minimum atomic E-state index is -5.71. The zero-order chi connectivity index (χ0) is 20.5. The molecule has 2 aromatic rings. The molecule has 0 bridgehead atoms. The molecule has 0 spiro atoms. The van der Waals surface area contributed by atoms with Crippen LogP contribution in [0.1, 0.15) is 18.1 Å². The van der Waals surface area contributed by atoms with E-state index in [4.69, 9.17) is 11.6 Å². The Morgan fingerprint density at radius 3 is 1.70 bits per heavy atom. The van der Waals surface area contributed by atoms with Gasteiger partial charge in [-0.2, -0.15) is 26.3 Å². The lowest BCUT2D eigenvalue weighted by molar-refractivity contribution is -0.443. The molecular weight excluding hydrogens is 401 g/mol. The van der Waals surface area contributed by atoms with Crippen LogP contribution in [0.4, 0.5) is 30.7 Å². The molecule has 0 saturated carbocycles. The number of alkyl halides is 8. The van der Waals surface area contributed by atoms with E-state index in [1.165, 1.54) is 12.1 Å². The van der Waals surface area contributed by atoms with Crippen LogP contribution in [0.25, 0.3) is 11.1 Å². The summed E-state index contributed by atoms with van der Waals surface area (Å²) in [5, 5.41) is 0. The van der Waals surface area contributed by atoms with Crippen LogP contribution in [0, 0.1) is 0 Å². The molecule has 1 nitrogen and oxygen atoms in total. The maximum absolute atomic E-state index is 13.9. The van der Waals surface area contributed by atoms with Gasteiger partial charge in [0.25, 0.3) is 0 Å². The van der Waals surface area contributed by atoms with Gasteiger partial charge in [-0.1, -0.05) is 36.4 Å². The van der Waals surface area contributed by atoms with Crippen molar-refractivity contribution in [2.24, 2.45) is 0 Å². The van der Waals surface area contributed by atoms with Gasteiger partial charge >= 0.3 is 18.1 Å². The zero-order valence-corrected chi connectivity index (χ0v) is 14.6. The van der Waals surface area contributed by atoms with Gasteiger partial charge in [-0.25, -0.2) is 9.13 Å². The normalized spacial score (nSPS) is 14.3. The second kappa shape index (κ2) is 7.67. The SMILES string of the molecule is CC(F)C(F)(F)C(F)(F)OC(F)(F)c1ccc(-c2ccc(CCl)cc2)cc1. The Morgan fingerprint density at radius 2 is 1.30 bits per heavy atom. The average Bonchev–Trinajstić information content (AvgIpc) is 2.61. The fourth-order valence-corrected chi connectivity index (χ4v) is 2.34. The summed E-state index contributed by atoms with van der Waals surface area (Å²) < 4.78 is 96.5. The summed E-state index contributed by atoms with van der Waals surface area (Å²) in [4.78, 5) is 0. The Labute approximate surface area is 155 Å². The highest BCUT2D eigenvalue weighted by Crippen LogP contribution is 2.45. The van der Waals surface area contributed by atoms with Gasteiger partial charge in [0.1, 0.15) is 0 Å². The summed E-state index contributed by atoms with van der Waals surface area (Å²) in [6.45, 7) is 0.125. The van der Waals surface area contributed by atoms with E-state index in [1.807, 2.05) is 0 Å².